The van der Waals surface area contributed by atoms with Crippen LogP contribution in [0.1, 0.15) is 0 Å². The highest BCUT2D eigenvalue weighted by molar-refractivity contribution is 5.67. The van der Waals surface area contributed by atoms with Crippen LogP contribution in [-0.2, 0) is 0 Å². The van der Waals surface area contributed by atoms with Gasteiger partial charge in [-0.25, -0.2) is 0 Å². The van der Waals surface area contributed by atoms with E-state index in [9.17, 15) is 0 Å². The number of hydrogen-bond acceptors (Lipinski definition) is 3. The summed E-state index contributed by atoms with van der Waals surface area (Å²) in [6.45, 7) is 0. The van der Waals surface area contributed by atoms with Gasteiger partial charge in [-0.1, -0.05) is 12.1 Å². The first-order valence-corrected chi connectivity index (χ1v) is 6.79. The maximum absolute atomic E-state index is 5.95. The molecule has 102 valence electrons. The smallest absolute Gasteiger partial charge is 0.150 e. The van der Waals surface area contributed by atoms with Gasteiger partial charge in [-0.3, -0.25) is 0 Å². The molecule has 7 rings (SSSR count). The lowest BCUT2D eigenvalue weighted by atomic mass is 10.2. The number of ether oxygens (including phenoxy) is 2. The standard InChI is InChI=1S/C18H13NO2/c1-2-4-18-17(3-1)19-13-5-7-14(8-6-13)20-15-9-11-16(21-18)12-10-15/h1-12,19H. The highest BCUT2D eigenvalue weighted by atomic mass is 16.5. The number of benzene rings is 3. The van der Waals surface area contributed by atoms with Crippen LogP contribution in [0.5, 0.6) is 23.0 Å². The Kier molecular flexibility index (Phi) is 2.75. The maximum Gasteiger partial charge on any atom is 0.150 e. The first-order chi connectivity index (χ1) is 10.4. The van der Waals surface area contributed by atoms with Crippen molar-refractivity contribution in [1.82, 2.24) is 0 Å². The van der Waals surface area contributed by atoms with Gasteiger partial charge < -0.3 is 14.8 Å². The van der Waals surface area contributed by atoms with Gasteiger partial charge in [0.2, 0.25) is 0 Å². The molecular weight excluding hydrogens is 262 g/mol. The second kappa shape index (κ2) is 4.87. The highest BCUT2D eigenvalue weighted by Gasteiger charge is 2.07. The molecule has 1 N–H and O–H groups in total. The Bertz CT molecular complexity index is 697. The minimum absolute atomic E-state index is 0.777. The van der Waals surface area contributed by atoms with Gasteiger partial charge in [0, 0.05) is 5.69 Å². The largest absolute Gasteiger partial charge is 0.457 e. The molecule has 0 radical (unpaired) electrons. The van der Waals surface area contributed by atoms with Crippen LogP contribution in [0, 0.1) is 0 Å². The summed E-state index contributed by atoms with van der Waals surface area (Å²) in [6.07, 6.45) is 0. The number of rotatable bonds is 0. The molecule has 3 aromatic rings. The zero-order chi connectivity index (χ0) is 14.1. The van der Waals surface area contributed by atoms with Crippen LogP contribution in [0.2, 0.25) is 0 Å². The first kappa shape index (κ1) is 11.9. The van der Waals surface area contributed by atoms with E-state index >= 15 is 0 Å². The van der Waals surface area contributed by atoms with Crippen LogP contribution < -0.4 is 14.8 Å². The molecule has 0 atom stereocenters. The van der Waals surface area contributed by atoms with Crippen molar-refractivity contribution in [2.75, 3.05) is 5.32 Å². The number of anilines is 2. The molecule has 4 bridgehead atoms. The number of para-hydroxylation sites is 2. The van der Waals surface area contributed by atoms with Crippen molar-refractivity contribution < 1.29 is 9.47 Å². The van der Waals surface area contributed by atoms with Gasteiger partial charge in [-0.05, 0) is 60.7 Å². The lowest BCUT2D eigenvalue weighted by Gasteiger charge is -2.12. The van der Waals surface area contributed by atoms with Crippen molar-refractivity contribution in [2.24, 2.45) is 0 Å². The van der Waals surface area contributed by atoms with Crippen LogP contribution >= 0.6 is 0 Å². The van der Waals surface area contributed by atoms with Gasteiger partial charge in [0.05, 0.1) is 5.69 Å². The van der Waals surface area contributed by atoms with Crippen molar-refractivity contribution >= 4 is 11.4 Å². The average Bonchev–Trinajstić information content (AvgIpc) is 2.56. The fraction of sp³-hybridized carbons (Fsp3) is 0. The molecule has 0 spiro atoms. The molecule has 21 heavy (non-hydrogen) atoms. The summed E-state index contributed by atoms with van der Waals surface area (Å²) in [5, 5.41) is 3.36. The fourth-order valence-electron chi connectivity index (χ4n) is 2.26. The summed E-state index contributed by atoms with van der Waals surface area (Å²) in [5.41, 5.74) is 1.91. The molecule has 4 aliphatic heterocycles. The van der Waals surface area contributed by atoms with E-state index in [4.69, 9.17) is 9.47 Å². The lowest BCUT2D eigenvalue weighted by Crippen LogP contribution is -1.93. The summed E-state index contributed by atoms with van der Waals surface area (Å²) in [6, 6.07) is 23.3. The van der Waals surface area contributed by atoms with E-state index in [0.717, 1.165) is 34.4 Å². The summed E-state index contributed by atoms with van der Waals surface area (Å²) < 4.78 is 11.7. The van der Waals surface area contributed by atoms with Crippen LogP contribution in [0.3, 0.4) is 0 Å². The quantitative estimate of drug-likeness (QED) is 0.470. The van der Waals surface area contributed by atoms with Gasteiger partial charge in [0.25, 0.3) is 0 Å². The predicted molar refractivity (Wildman–Crippen MR) is 82.8 cm³/mol. The van der Waals surface area contributed by atoms with E-state index in [2.05, 4.69) is 5.32 Å². The van der Waals surface area contributed by atoms with Crippen molar-refractivity contribution in [1.29, 1.82) is 0 Å². The van der Waals surface area contributed by atoms with Gasteiger partial charge in [0.15, 0.2) is 5.75 Å². The van der Waals surface area contributed by atoms with Gasteiger partial charge in [-0.2, -0.15) is 0 Å². The molecule has 3 heteroatoms. The minimum atomic E-state index is 0.777. The Morgan fingerprint density at radius 3 is 1.86 bits per heavy atom. The summed E-state index contributed by atoms with van der Waals surface area (Å²) in [4.78, 5) is 0. The Morgan fingerprint density at radius 2 is 1.14 bits per heavy atom. The van der Waals surface area contributed by atoms with Crippen molar-refractivity contribution in [3.8, 4) is 23.0 Å². The van der Waals surface area contributed by atoms with Crippen molar-refractivity contribution in [2.45, 2.75) is 0 Å². The van der Waals surface area contributed by atoms with Crippen molar-refractivity contribution in [3.05, 3.63) is 72.8 Å². The van der Waals surface area contributed by atoms with E-state index in [0.29, 0.717) is 0 Å². The molecule has 4 heterocycles. The number of nitrogens with one attached hydrogen (secondary N) is 1. The van der Waals surface area contributed by atoms with E-state index < -0.39 is 0 Å². The Hall–Kier alpha value is -2.94. The highest BCUT2D eigenvalue weighted by Crippen LogP contribution is 2.34. The van der Waals surface area contributed by atoms with E-state index in [-0.39, 0.29) is 0 Å². The molecule has 4 aliphatic rings. The predicted octanol–water partition coefficient (Wildman–Crippen LogP) is 5.33. The van der Waals surface area contributed by atoms with Gasteiger partial charge in [0.1, 0.15) is 17.2 Å². The molecular formula is C18H13NO2. The molecule has 0 unspecified atom stereocenters. The molecule has 0 fully saturated rings. The molecule has 0 aliphatic carbocycles. The van der Waals surface area contributed by atoms with Crippen LogP contribution in [0.15, 0.2) is 72.8 Å². The zero-order valence-electron chi connectivity index (χ0n) is 11.2. The molecule has 0 aromatic heterocycles. The van der Waals surface area contributed by atoms with E-state index in [1.54, 1.807) is 0 Å². The van der Waals surface area contributed by atoms with Gasteiger partial charge in [-0.15, -0.1) is 0 Å². The third-order valence-corrected chi connectivity index (χ3v) is 3.31. The molecule has 0 saturated carbocycles. The fourth-order valence-corrected chi connectivity index (χ4v) is 2.26. The summed E-state index contributed by atoms with van der Waals surface area (Å²) in [7, 11) is 0. The van der Waals surface area contributed by atoms with Crippen LogP contribution in [-0.4, -0.2) is 0 Å². The average molecular weight is 275 g/mol. The molecule has 0 amide bonds. The van der Waals surface area contributed by atoms with Crippen molar-refractivity contribution in [3.63, 3.8) is 0 Å². The Morgan fingerprint density at radius 1 is 0.571 bits per heavy atom. The molecule has 0 saturated heterocycles. The topological polar surface area (TPSA) is 30.5 Å². The maximum atomic E-state index is 5.95. The Balaban J connectivity index is 1.87. The molecule has 3 aromatic carbocycles. The zero-order valence-corrected chi connectivity index (χ0v) is 11.2. The SMILES string of the molecule is c1ccc2c(c1)Nc1ccc(cc1)Oc1ccc(cc1)O2. The Labute approximate surface area is 122 Å². The van der Waals surface area contributed by atoms with Crippen LogP contribution in [0.25, 0.3) is 0 Å². The van der Waals surface area contributed by atoms with E-state index in [1.165, 1.54) is 0 Å². The normalized spacial score (nSPS) is 12.0. The second-order valence-corrected chi connectivity index (χ2v) is 4.82. The summed E-state index contributed by atoms with van der Waals surface area (Å²) in [5.74, 6) is 3.16. The van der Waals surface area contributed by atoms with Crippen LogP contribution in [0.4, 0.5) is 11.4 Å². The monoisotopic (exact) mass is 275 g/mol. The molecule has 3 nitrogen and oxygen atoms in total. The first-order valence-electron chi connectivity index (χ1n) is 6.79. The third-order valence-electron chi connectivity index (χ3n) is 3.31. The van der Waals surface area contributed by atoms with Gasteiger partial charge >= 0.3 is 0 Å². The summed E-state index contributed by atoms with van der Waals surface area (Å²) >= 11 is 0. The minimum Gasteiger partial charge on any atom is -0.457 e. The third kappa shape index (κ3) is 2.41. The number of hydrogen-bond donors (Lipinski definition) is 1. The second-order valence-electron chi connectivity index (χ2n) is 4.82. The van der Waals surface area contributed by atoms with E-state index in [1.807, 2.05) is 72.8 Å². The lowest BCUT2D eigenvalue weighted by molar-refractivity contribution is 0.471.